The molecule has 1 aromatic rings. The van der Waals surface area contributed by atoms with Gasteiger partial charge in [-0.3, -0.25) is 0 Å². The van der Waals surface area contributed by atoms with E-state index in [4.69, 9.17) is 9.47 Å². The molecule has 2 heteroatoms. The number of hydrogen-bond acceptors (Lipinski definition) is 2. The first-order chi connectivity index (χ1) is 5.36. The predicted octanol–water partition coefficient (Wildman–Crippen LogP) is 1.77. The topological polar surface area (TPSA) is 18.5 Å². The first kappa shape index (κ1) is 6.53. The molecule has 1 aromatic carbocycles. The van der Waals surface area contributed by atoms with Gasteiger partial charge in [0.15, 0.2) is 11.5 Å². The van der Waals surface area contributed by atoms with Crippen LogP contribution in [-0.4, -0.2) is 13.2 Å². The van der Waals surface area contributed by atoms with Crippen molar-refractivity contribution < 1.29 is 9.47 Å². The van der Waals surface area contributed by atoms with Gasteiger partial charge in [0, 0.05) is 0 Å². The van der Waals surface area contributed by atoms with Crippen LogP contribution < -0.4 is 9.47 Å². The molecule has 0 aliphatic carbocycles. The van der Waals surface area contributed by atoms with Gasteiger partial charge in [0.05, 0.1) is 0 Å². The molecule has 1 aliphatic rings. The van der Waals surface area contributed by atoms with E-state index in [0.717, 1.165) is 11.5 Å². The Kier molecular flexibility index (Phi) is 1.46. The van der Waals surface area contributed by atoms with Crippen LogP contribution in [0.3, 0.4) is 0 Å². The lowest BCUT2D eigenvalue weighted by Gasteiger charge is -2.18. The molecule has 2 nitrogen and oxygen atoms in total. The van der Waals surface area contributed by atoms with Crippen LogP contribution in [0.25, 0.3) is 0 Å². The molecule has 0 N–H and O–H groups in total. The lowest BCUT2D eigenvalue weighted by atomic mass is 10.2. The van der Waals surface area contributed by atoms with E-state index in [2.05, 4.69) is 0 Å². The van der Waals surface area contributed by atoms with Crippen LogP contribution in [0.5, 0.6) is 11.5 Å². The Labute approximate surface area is 65.7 Å². The van der Waals surface area contributed by atoms with E-state index < -0.39 is 0 Å². The van der Waals surface area contributed by atoms with Crippen LogP contribution in [0.4, 0.5) is 0 Å². The lowest BCUT2D eigenvalue weighted by Crippen LogP contribution is -2.15. The maximum atomic E-state index is 5.38. The number of rotatable bonds is 0. The summed E-state index contributed by atoms with van der Waals surface area (Å²) in [6.45, 7) is 3.37. The van der Waals surface area contributed by atoms with E-state index in [0.29, 0.717) is 13.2 Å². The maximum absolute atomic E-state index is 5.38. The summed E-state index contributed by atoms with van der Waals surface area (Å²) in [5.41, 5.74) is 1.20. The second kappa shape index (κ2) is 2.46. The van der Waals surface area contributed by atoms with E-state index >= 15 is 0 Å². The molecule has 0 unspecified atom stereocenters. The van der Waals surface area contributed by atoms with Gasteiger partial charge in [-0.2, -0.15) is 0 Å². The second-order valence-electron chi connectivity index (χ2n) is 2.65. The maximum Gasteiger partial charge on any atom is 0.161 e. The zero-order chi connectivity index (χ0) is 7.68. The molecule has 0 radical (unpaired) electrons. The number of fused-ring (bicyclic) bond motifs is 1. The summed E-state index contributed by atoms with van der Waals surface area (Å²) in [7, 11) is 0. The van der Waals surface area contributed by atoms with Gasteiger partial charge in [-0.1, -0.05) is 6.07 Å². The molecule has 0 spiro atoms. The van der Waals surface area contributed by atoms with Gasteiger partial charge >= 0.3 is 0 Å². The van der Waals surface area contributed by atoms with Crippen molar-refractivity contribution in [1.29, 1.82) is 0 Å². The average Bonchev–Trinajstić information content (AvgIpc) is 2.04. The van der Waals surface area contributed by atoms with E-state index in [1.165, 1.54) is 5.56 Å². The molecule has 0 aromatic heterocycles. The van der Waals surface area contributed by atoms with Crippen molar-refractivity contribution in [3.05, 3.63) is 23.8 Å². The van der Waals surface area contributed by atoms with Gasteiger partial charge in [-0.25, -0.2) is 0 Å². The molecule has 0 saturated carbocycles. The molecule has 0 saturated heterocycles. The summed E-state index contributed by atoms with van der Waals surface area (Å²) in [5.74, 6) is 1.73. The number of aryl methyl sites for hydroxylation is 1. The van der Waals surface area contributed by atoms with Gasteiger partial charge in [0.2, 0.25) is 0 Å². The summed E-state index contributed by atoms with van der Waals surface area (Å²) >= 11 is 0. The number of hydrogen-bond donors (Lipinski definition) is 0. The Morgan fingerprint density at radius 2 is 1.82 bits per heavy atom. The monoisotopic (exact) mass is 150 g/mol. The van der Waals surface area contributed by atoms with Crippen molar-refractivity contribution in [3.8, 4) is 11.5 Å². The summed E-state index contributed by atoms with van der Waals surface area (Å²) in [4.78, 5) is 0. The largest absolute Gasteiger partial charge is 0.486 e. The van der Waals surface area contributed by atoms with Gasteiger partial charge in [-0.05, 0) is 24.6 Å². The summed E-state index contributed by atoms with van der Waals surface area (Å²) < 4.78 is 10.7. The van der Waals surface area contributed by atoms with Crippen molar-refractivity contribution in [2.45, 2.75) is 6.92 Å². The second-order valence-corrected chi connectivity index (χ2v) is 2.65. The molecule has 58 valence electrons. The Balaban J connectivity index is 2.43. The van der Waals surface area contributed by atoms with E-state index in [-0.39, 0.29) is 0 Å². The van der Waals surface area contributed by atoms with Crippen molar-refractivity contribution in [2.75, 3.05) is 13.2 Å². The summed E-state index contributed by atoms with van der Waals surface area (Å²) in [5, 5.41) is 0. The molecule has 0 bridgehead atoms. The highest BCUT2D eigenvalue weighted by molar-refractivity contribution is 5.43. The third-order valence-electron chi connectivity index (χ3n) is 1.70. The van der Waals surface area contributed by atoms with Crippen molar-refractivity contribution >= 4 is 0 Å². The van der Waals surface area contributed by atoms with Crippen LogP contribution in [0.15, 0.2) is 18.2 Å². The molecule has 0 fully saturated rings. The predicted molar refractivity (Wildman–Crippen MR) is 42.2 cm³/mol. The van der Waals surface area contributed by atoms with Gasteiger partial charge in [0.1, 0.15) is 13.2 Å². The number of ether oxygens (including phenoxy) is 2. The van der Waals surface area contributed by atoms with Crippen molar-refractivity contribution in [2.24, 2.45) is 0 Å². The lowest BCUT2D eigenvalue weighted by molar-refractivity contribution is 0.171. The first-order valence-electron chi connectivity index (χ1n) is 3.72. The fourth-order valence-electron chi connectivity index (χ4n) is 1.15. The van der Waals surface area contributed by atoms with Crippen LogP contribution in [0, 0.1) is 6.92 Å². The Bertz CT molecular complexity index is 268. The third-order valence-corrected chi connectivity index (χ3v) is 1.70. The number of benzene rings is 1. The van der Waals surface area contributed by atoms with Crippen LogP contribution in [-0.2, 0) is 0 Å². The molecule has 0 atom stereocenters. The van der Waals surface area contributed by atoms with E-state index in [1.54, 1.807) is 0 Å². The fraction of sp³-hybridized carbons (Fsp3) is 0.333. The fourth-order valence-corrected chi connectivity index (χ4v) is 1.15. The Morgan fingerprint density at radius 3 is 2.64 bits per heavy atom. The van der Waals surface area contributed by atoms with E-state index in [9.17, 15) is 0 Å². The molecule has 0 amide bonds. The molecule has 11 heavy (non-hydrogen) atoms. The quantitative estimate of drug-likeness (QED) is 0.561. The molecular formula is C9H10O2. The standard InChI is InChI=1S/C9H10O2/c1-7-2-3-8-9(6-7)11-5-4-10-8/h2-3,6H,4-5H2,1H3. The minimum Gasteiger partial charge on any atom is -0.486 e. The Hall–Kier alpha value is -1.18. The van der Waals surface area contributed by atoms with Crippen molar-refractivity contribution in [1.82, 2.24) is 0 Å². The average molecular weight is 150 g/mol. The zero-order valence-corrected chi connectivity index (χ0v) is 6.46. The highest BCUT2D eigenvalue weighted by Gasteiger charge is 2.09. The molecule has 1 aliphatic heterocycles. The third kappa shape index (κ3) is 1.16. The summed E-state index contributed by atoms with van der Waals surface area (Å²) in [6, 6.07) is 5.96. The normalized spacial score (nSPS) is 14.6. The SMILES string of the molecule is Cc1ccc2c(c1)OCCO2. The molecule has 1 heterocycles. The minimum atomic E-state index is 0.663. The van der Waals surface area contributed by atoms with E-state index in [1.807, 2.05) is 25.1 Å². The molecular weight excluding hydrogens is 140 g/mol. The highest BCUT2D eigenvalue weighted by atomic mass is 16.6. The Morgan fingerprint density at radius 1 is 1.09 bits per heavy atom. The zero-order valence-electron chi connectivity index (χ0n) is 6.46. The van der Waals surface area contributed by atoms with Gasteiger partial charge in [0.25, 0.3) is 0 Å². The summed E-state index contributed by atoms with van der Waals surface area (Å²) in [6.07, 6.45) is 0. The van der Waals surface area contributed by atoms with Crippen LogP contribution >= 0.6 is 0 Å². The first-order valence-corrected chi connectivity index (χ1v) is 3.72. The molecule has 2 rings (SSSR count). The van der Waals surface area contributed by atoms with Gasteiger partial charge < -0.3 is 9.47 Å². The van der Waals surface area contributed by atoms with Gasteiger partial charge in [-0.15, -0.1) is 0 Å². The van der Waals surface area contributed by atoms with Crippen LogP contribution in [0.2, 0.25) is 0 Å². The smallest absolute Gasteiger partial charge is 0.161 e. The van der Waals surface area contributed by atoms with Crippen molar-refractivity contribution in [3.63, 3.8) is 0 Å². The minimum absolute atomic E-state index is 0.663. The van der Waals surface area contributed by atoms with Crippen LogP contribution in [0.1, 0.15) is 5.56 Å². The highest BCUT2D eigenvalue weighted by Crippen LogP contribution is 2.30.